The summed E-state index contributed by atoms with van der Waals surface area (Å²) >= 11 is 0. The Kier molecular flexibility index (Phi) is 3.95. The van der Waals surface area contributed by atoms with Gasteiger partial charge in [0, 0.05) is 13.6 Å². The molecule has 0 heterocycles. The Hall–Kier alpha value is -1.49. The number of carbonyl (C=O) groups excluding carboxylic acids is 1. The summed E-state index contributed by atoms with van der Waals surface area (Å²) in [5, 5.41) is 0. The first kappa shape index (κ1) is 12.6. The number of rotatable bonds is 3. The zero-order valence-electron chi connectivity index (χ0n) is 9.21. The van der Waals surface area contributed by atoms with Crippen LogP contribution in [0.5, 0.6) is 0 Å². The number of nitrogens with two attached hydrogens (primary N) is 1. The fourth-order valence-electron chi connectivity index (χ4n) is 1.34. The lowest BCUT2D eigenvalue weighted by atomic mass is 10.2. The van der Waals surface area contributed by atoms with Crippen LogP contribution in [-0.2, 0) is 11.3 Å². The highest BCUT2D eigenvalue weighted by molar-refractivity contribution is 5.80. The van der Waals surface area contributed by atoms with Crippen molar-refractivity contribution in [2.24, 2.45) is 5.73 Å². The average Bonchev–Trinajstić information content (AvgIpc) is 2.22. The molecule has 0 fully saturated rings. The van der Waals surface area contributed by atoms with Crippen LogP contribution in [0.1, 0.15) is 12.5 Å². The monoisotopic (exact) mass is 228 g/mol. The molecule has 0 spiro atoms. The van der Waals surface area contributed by atoms with Crippen molar-refractivity contribution in [1.82, 2.24) is 4.90 Å². The van der Waals surface area contributed by atoms with Gasteiger partial charge in [-0.3, -0.25) is 4.79 Å². The maximum Gasteiger partial charge on any atom is 0.239 e. The quantitative estimate of drug-likeness (QED) is 0.846. The number of hydrogen-bond donors (Lipinski definition) is 1. The number of halogens is 2. The van der Waals surface area contributed by atoms with E-state index >= 15 is 0 Å². The van der Waals surface area contributed by atoms with Crippen LogP contribution in [0.2, 0.25) is 0 Å². The second-order valence-corrected chi connectivity index (χ2v) is 3.73. The molecule has 1 aromatic carbocycles. The lowest BCUT2D eigenvalue weighted by Crippen LogP contribution is -2.39. The van der Waals surface area contributed by atoms with E-state index in [1.165, 1.54) is 11.0 Å². The third-order valence-electron chi connectivity index (χ3n) is 2.17. The van der Waals surface area contributed by atoms with E-state index in [1.54, 1.807) is 14.0 Å². The highest BCUT2D eigenvalue weighted by atomic mass is 19.2. The molecule has 0 saturated heterocycles. The fourth-order valence-corrected chi connectivity index (χ4v) is 1.34. The number of amides is 1. The van der Waals surface area contributed by atoms with Gasteiger partial charge in [-0.1, -0.05) is 6.07 Å². The van der Waals surface area contributed by atoms with E-state index in [4.69, 9.17) is 5.73 Å². The van der Waals surface area contributed by atoms with Crippen LogP contribution >= 0.6 is 0 Å². The van der Waals surface area contributed by atoms with E-state index in [0.29, 0.717) is 5.56 Å². The molecule has 1 atom stereocenters. The Bertz CT molecular complexity index is 394. The van der Waals surface area contributed by atoms with Crippen molar-refractivity contribution in [3.63, 3.8) is 0 Å². The summed E-state index contributed by atoms with van der Waals surface area (Å²) in [5.41, 5.74) is 5.94. The number of nitrogens with zero attached hydrogens (tertiary/aromatic N) is 1. The van der Waals surface area contributed by atoms with Crippen LogP contribution < -0.4 is 5.73 Å². The van der Waals surface area contributed by atoms with E-state index in [1.807, 2.05) is 0 Å². The molecule has 0 saturated carbocycles. The average molecular weight is 228 g/mol. The van der Waals surface area contributed by atoms with Crippen LogP contribution in [0.15, 0.2) is 18.2 Å². The Labute approximate surface area is 92.8 Å². The first-order chi connectivity index (χ1) is 7.41. The van der Waals surface area contributed by atoms with Gasteiger partial charge in [-0.2, -0.15) is 0 Å². The Morgan fingerprint density at radius 2 is 2.06 bits per heavy atom. The first-order valence-corrected chi connectivity index (χ1v) is 4.86. The topological polar surface area (TPSA) is 46.3 Å². The molecule has 5 heteroatoms. The lowest BCUT2D eigenvalue weighted by Gasteiger charge is -2.19. The van der Waals surface area contributed by atoms with Crippen LogP contribution in [0, 0.1) is 11.6 Å². The van der Waals surface area contributed by atoms with E-state index < -0.39 is 17.7 Å². The molecule has 2 N–H and O–H groups in total. The molecular formula is C11H14F2N2O. The van der Waals surface area contributed by atoms with Crippen molar-refractivity contribution in [1.29, 1.82) is 0 Å². The van der Waals surface area contributed by atoms with Crippen molar-refractivity contribution < 1.29 is 13.6 Å². The van der Waals surface area contributed by atoms with Gasteiger partial charge in [-0.25, -0.2) is 8.78 Å². The third kappa shape index (κ3) is 3.00. The summed E-state index contributed by atoms with van der Waals surface area (Å²) in [6.07, 6.45) is 0. The molecule has 1 unspecified atom stereocenters. The highest BCUT2D eigenvalue weighted by Crippen LogP contribution is 2.10. The molecule has 1 rings (SSSR count). The van der Waals surface area contributed by atoms with Gasteiger partial charge in [0.15, 0.2) is 11.6 Å². The minimum atomic E-state index is -0.917. The Balaban J connectivity index is 2.73. The van der Waals surface area contributed by atoms with E-state index in [-0.39, 0.29) is 12.5 Å². The molecule has 0 radical (unpaired) electrons. The minimum Gasteiger partial charge on any atom is -0.340 e. The van der Waals surface area contributed by atoms with Crippen molar-refractivity contribution in [2.75, 3.05) is 7.05 Å². The summed E-state index contributed by atoms with van der Waals surface area (Å²) in [6.45, 7) is 1.78. The van der Waals surface area contributed by atoms with Crippen LogP contribution in [0.25, 0.3) is 0 Å². The fraction of sp³-hybridized carbons (Fsp3) is 0.364. The van der Waals surface area contributed by atoms with Crippen molar-refractivity contribution in [2.45, 2.75) is 19.5 Å². The minimum absolute atomic E-state index is 0.206. The number of carbonyl (C=O) groups is 1. The standard InChI is InChI=1S/C11H14F2N2O/c1-7(14)11(16)15(2)6-8-3-4-9(12)10(13)5-8/h3-5,7H,6,14H2,1-2H3. The summed E-state index contributed by atoms with van der Waals surface area (Å²) in [5.74, 6) is -2.06. The van der Waals surface area contributed by atoms with Crippen molar-refractivity contribution in [3.05, 3.63) is 35.4 Å². The van der Waals surface area contributed by atoms with Gasteiger partial charge >= 0.3 is 0 Å². The van der Waals surface area contributed by atoms with Crippen molar-refractivity contribution >= 4 is 5.91 Å². The van der Waals surface area contributed by atoms with Gasteiger partial charge in [0.1, 0.15) is 0 Å². The van der Waals surface area contributed by atoms with Gasteiger partial charge in [0.2, 0.25) is 5.91 Å². The van der Waals surface area contributed by atoms with E-state index in [0.717, 1.165) is 12.1 Å². The summed E-state index contributed by atoms with van der Waals surface area (Å²) in [4.78, 5) is 12.8. The first-order valence-electron chi connectivity index (χ1n) is 4.86. The number of likely N-dealkylation sites (N-methyl/N-ethyl adjacent to an activating group) is 1. The van der Waals surface area contributed by atoms with Gasteiger partial charge < -0.3 is 10.6 Å². The predicted molar refractivity (Wildman–Crippen MR) is 56.5 cm³/mol. The Morgan fingerprint density at radius 1 is 1.44 bits per heavy atom. The lowest BCUT2D eigenvalue weighted by molar-refractivity contribution is -0.131. The predicted octanol–water partition coefficient (Wildman–Crippen LogP) is 1.27. The molecule has 0 aliphatic carbocycles. The summed E-state index contributed by atoms with van der Waals surface area (Å²) in [6, 6.07) is 2.94. The maximum atomic E-state index is 12.9. The normalized spacial score (nSPS) is 12.3. The van der Waals surface area contributed by atoms with Crippen LogP contribution in [0.4, 0.5) is 8.78 Å². The zero-order chi connectivity index (χ0) is 12.3. The van der Waals surface area contributed by atoms with Gasteiger partial charge in [-0.15, -0.1) is 0 Å². The maximum absolute atomic E-state index is 12.9. The summed E-state index contributed by atoms with van der Waals surface area (Å²) < 4.78 is 25.5. The van der Waals surface area contributed by atoms with Crippen LogP contribution in [-0.4, -0.2) is 23.9 Å². The smallest absolute Gasteiger partial charge is 0.239 e. The zero-order valence-corrected chi connectivity index (χ0v) is 9.21. The van der Waals surface area contributed by atoms with Crippen LogP contribution in [0.3, 0.4) is 0 Å². The molecule has 3 nitrogen and oxygen atoms in total. The van der Waals surface area contributed by atoms with E-state index in [2.05, 4.69) is 0 Å². The molecule has 0 aliphatic heterocycles. The largest absolute Gasteiger partial charge is 0.340 e. The van der Waals surface area contributed by atoms with E-state index in [9.17, 15) is 13.6 Å². The van der Waals surface area contributed by atoms with Crippen molar-refractivity contribution in [3.8, 4) is 0 Å². The molecular weight excluding hydrogens is 214 g/mol. The SMILES string of the molecule is CC(N)C(=O)N(C)Cc1ccc(F)c(F)c1. The molecule has 0 aliphatic rings. The molecule has 1 amide bonds. The molecule has 16 heavy (non-hydrogen) atoms. The molecule has 88 valence electrons. The number of benzene rings is 1. The Morgan fingerprint density at radius 3 is 2.56 bits per heavy atom. The molecule has 0 aromatic heterocycles. The molecule has 0 bridgehead atoms. The summed E-state index contributed by atoms with van der Waals surface area (Å²) in [7, 11) is 1.56. The molecule has 1 aromatic rings. The van der Waals surface area contributed by atoms with Gasteiger partial charge in [0.05, 0.1) is 6.04 Å². The highest BCUT2D eigenvalue weighted by Gasteiger charge is 2.14. The second-order valence-electron chi connectivity index (χ2n) is 3.73. The van der Waals surface area contributed by atoms with Gasteiger partial charge in [-0.05, 0) is 24.6 Å². The second kappa shape index (κ2) is 5.03. The number of hydrogen-bond acceptors (Lipinski definition) is 2. The van der Waals surface area contributed by atoms with Gasteiger partial charge in [0.25, 0.3) is 0 Å². The third-order valence-corrected chi connectivity index (χ3v) is 2.17.